The lowest BCUT2D eigenvalue weighted by atomic mass is 9.74. The fourth-order valence-corrected chi connectivity index (χ4v) is 1.36. The van der Waals surface area contributed by atoms with Crippen molar-refractivity contribution in [2.75, 3.05) is 0 Å². The molecule has 1 atom stereocenters. The summed E-state index contributed by atoms with van der Waals surface area (Å²) in [4.78, 5) is 11.0. The van der Waals surface area contributed by atoms with Crippen molar-refractivity contribution in [1.82, 2.24) is 5.32 Å². The van der Waals surface area contributed by atoms with E-state index < -0.39 is 0 Å². The molecule has 0 aromatic carbocycles. The van der Waals surface area contributed by atoms with Crippen LogP contribution in [-0.2, 0) is 4.79 Å². The van der Waals surface area contributed by atoms with Crippen LogP contribution in [0.25, 0.3) is 0 Å². The minimum Gasteiger partial charge on any atom is -0.350 e. The second-order valence-electron chi connectivity index (χ2n) is 4.63. The monoisotopic (exact) mass is 155 g/mol. The topological polar surface area (TPSA) is 29.1 Å². The highest BCUT2D eigenvalue weighted by Crippen LogP contribution is 2.36. The zero-order valence-corrected chi connectivity index (χ0v) is 7.82. The zero-order valence-electron chi connectivity index (χ0n) is 7.82. The smallest absolute Gasteiger partial charge is 0.220 e. The number of hydrogen-bond acceptors (Lipinski definition) is 1. The van der Waals surface area contributed by atoms with Gasteiger partial charge in [0.2, 0.25) is 5.91 Å². The van der Waals surface area contributed by atoms with Gasteiger partial charge in [-0.3, -0.25) is 4.79 Å². The molecule has 0 aromatic rings. The van der Waals surface area contributed by atoms with Gasteiger partial charge in [-0.05, 0) is 18.8 Å². The summed E-state index contributed by atoms with van der Waals surface area (Å²) in [7, 11) is 0. The number of hydrogen-bond donors (Lipinski definition) is 1. The van der Waals surface area contributed by atoms with Gasteiger partial charge in [-0.15, -0.1) is 0 Å². The van der Waals surface area contributed by atoms with Gasteiger partial charge in [-0.25, -0.2) is 0 Å². The molecule has 2 nitrogen and oxygen atoms in total. The van der Waals surface area contributed by atoms with E-state index in [4.69, 9.17) is 0 Å². The van der Waals surface area contributed by atoms with Crippen LogP contribution in [0.3, 0.4) is 0 Å². The SMILES string of the molecule is CC(C)(C)C1(C)CCC(=O)N1. The van der Waals surface area contributed by atoms with Crippen molar-refractivity contribution in [2.45, 2.75) is 46.1 Å². The lowest BCUT2D eigenvalue weighted by Gasteiger charge is -2.38. The maximum absolute atomic E-state index is 11.0. The maximum atomic E-state index is 11.0. The van der Waals surface area contributed by atoms with Gasteiger partial charge in [-0.1, -0.05) is 20.8 Å². The average molecular weight is 155 g/mol. The summed E-state index contributed by atoms with van der Waals surface area (Å²) >= 11 is 0. The third kappa shape index (κ3) is 1.39. The van der Waals surface area contributed by atoms with Crippen molar-refractivity contribution < 1.29 is 4.79 Å². The predicted molar refractivity (Wildman–Crippen MR) is 45.2 cm³/mol. The van der Waals surface area contributed by atoms with Crippen LogP contribution < -0.4 is 5.32 Å². The van der Waals surface area contributed by atoms with Gasteiger partial charge in [0.15, 0.2) is 0 Å². The minimum atomic E-state index is 0.00405. The quantitative estimate of drug-likeness (QED) is 0.567. The first-order chi connectivity index (χ1) is 4.85. The molecule has 1 saturated heterocycles. The highest BCUT2D eigenvalue weighted by molar-refractivity contribution is 5.79. The molecule has 1 unspecified atom stereocenters. The molecule has 1 N–H and O–H groups in total. The molecule has 0 spiro atoms. The molecule has 0 aromatic heterocycles. The van der Waals surface area contributed by atoms with Crippen LogP contribution in [0.15, 0.2) is 0 Å². The van der Waals surface area contributed by atoms with Crippen molar-refractivity contribution >= 4 is 5.91 Å². The molecule has 0 aliphatic carbocycles. The number of carbonyl (C=O) groups excluding carboxylic acids is 1. The Bertz CT molecular complexity index is 180. The first-order valence-electron chi connectivity index (χ1n) is 4.16. The van der Waals surface area contributed by atoms with Crippen LogP contribution in [0, 0.1) is 5.41 Å². The van der Waals surface area contributed by atoms with Crippen LogP contribution in [0.1, 0.15) is 40.5 Å². The molecule has 1 aliphatic rings. The van der Waals surface area contributed by atoms with Crippen molar-refractivity contribution in [3.63, 3.8) is 0 Å². The summed E-state index contributed by atoms with van der Waals surface area (Å²) in [6.45, 7) is 8.62. The summed E-state index contributed by atoms with van der Waals surface area (Å²) in [6, 6.07) is 0. The molecule has 1 amide bonds. The Morgan fingerprint density at radius 2 is 2.00 bits per heavy atom. The third-order valence-electron chi connectivity index (χ3n) is 2.92. The van der Waals surface area contributed by atoms with Gasteiger partial charge in [0.1, 0.15) is 0 Å². The van der Waals surface area contributed by atoms with Gasteiger partial charge in [0.05, 0.1) is 0 Å². The summed E-state index contributed by atoms with van der Waals surface area (Å²) < 4.78 is 0. The molecule has 1 heterocycles. The standard InChI is InChI=1S/C9H17NO/c1-8(2,3)9(4)6-5-7(11)10-9/h5-6H2,1-4H3,(H,10,11). The molecule has 0 radical (unpaired) electrons. The summed E-state index contributed by atoms with van der Waals surface area (Å²) in [6.07, 6.45) is 1.66. The summed E-state index contributed by atoms with van der Waals surface area (Å²) in [5.41, 5.74) is 0.170. The fourth-order valence-electron chi connectivity index (χ4n) is 1.36. The van der Waals surface area contributed by atoms with E-state index in [9.17, 15) is 4.79 Å². The Morgan fingerprint density at radius 3 is 2.18 bits per heavy atom. The van der Waals surface area contributed by atoms with E-state index in [1.807, 2.05) is 0 Å². The number of nitrogens with one attached hydrogen (secondary N) is 1. The van der Waals surface area contributed by atoms with E-state index >= 15 is 0 Å². The average Bonchev–Trinajstić information content (AvgIpc) is 2.10. The molecule has 1 fully saturated rings. The largest absolute Gasteiger partial charge is 0.350 e. The van der Waals surface area contributed by atoms with Crippen LogP contribution in [0.2, 0.25) is 0 Å². The number of amides is 1. The van der Waals surface area contributed by atoms with Crippen LogP contribution in [0.4, 0.5) is 0 Å². The van der Waals surface area contributed by atoms with E-state index in [0.29, 0.717) is 6.42 Å². The first-order valence-corrected chi connectivity index (χ1v) is 4.16. The summed E-state index contributed by atoms with van der Waals surface area (Å²) in [5.74, 6) is 0.197. The molecule has 0 saturated carbocycles. The Balaban J connectivity index is 2.77. The lowest BCUT2D eigenvalue weighted by molar-refractivity contribution is -0.120. The summed E-state index contributed by atoms with van der Waals surface area (Å²) in [5, 5.41) is 3.03. The molecular formula is C9H17NO. The zero-order chi connectivity index (χ0) is 8.70. The molecule has 0 bridgehead atoms. The molecular weight excluding hydrogens is 138 g/mol. The van der Waals surface area contributed by atoms with E-state index in [2.05, 4.69) is 33.0 Å². The van der Waals surface area contributed by atoms with Crippen LogP contribution in [0.5, 0.6) is 0 Å². The van der Waals surface area contributed by atoms with Gasteiger partial charge in [0.25, 0.3) is 0 Å². The highest BCUT2D eigenvalue weighted by atomic mass is 16.2. The van der Waals surface area contributed by atoms with Crippen molar-refractivity contribution in [3.05, 3.63) is 0 Å². The van der Waals surface area contributed by atoms with Crippen molar-refractivity contribution in [3.8, 4) is 0 Å². The van der Waals surface area contributed by atoms with Crippen molar-refractivity contribution in [2.24, 2.45) is 5.41 Å². The van der Waals surface area contributed by atoms with Crippen LogP contribution >= 0.6 is 0 Å². The third-order valence-corrected chi connectivity index (χ3v) is 2.92. The van der Waals surface area contributed by atoms with Gasteiger partial charge in [0, 0.05) is 12.0 Å². The normalized spacial score (nSPS) is 32.2. The maximum Gasteiger partial charge on any atom is 0.220 e. The molecule has 2 heteroatoms. The second kappa shape index (κ2) is 2.23. The second-order valence-corrected chi connectivity index (χ2v) is 4.63. The van der Waals surface area contributed by atoms with E-state index in [-0.39, 0.29) is 16.9 Å². The Labute approximate surface area is 68.4 Å². The van der Waals surface area contributed by atoms with Gasteiger partial charge in [-0.2, -0.15) is 0 Å². The van der Waals surface area contributed by atoms with E-state index in [1.165, 1.54) is 0 Å². The molecule has 1 rings (SSSR count). The lowest BCUT2D eigenvalue weighted by Crippen LogP contribution is -2.49. The van der Waals surface area contributed by atoms with Crippen molar-refractivity contribution in [1.29, 1.82) is 0 Å². The van der Waals surface area contributed by atoms with E-state index in [0.717, 1.165) is 6.42 Å². The predicted octanol–water partition coefficient (Wildman–Crippen LogP) is 1.70. The highest BCUT2D eigenvalue weighted by Gasteiger charge is 2.42. The Hall–Kier alpha value is -0.530. The fraction of sp³-hybridized carbons (Fsp3) is 0.889. The molecule has 11 heavy (non-hydrogen) atoms. The first kappa shape index (κ1) is 8.57. The molecule has 1 aliphatic heterocycles. The molecule has 64 valence electrons. The Morgan fingerprint density at radius 1 is 1.45 bits per heavy atom. The number of rotatable bonds is 0. The Kier molecular flexibility index (Phi) is 1.73. The van der Waals surface area contributed by atoms with Gasteiger partial charge < -0.3 is 5.32 Å². The van der Waals surface area contributed by atoms with Gasteiger partial charge >= 0.3 is 0 Å². The minimum absolute atomic E-state index is 0.00405. The van der Waals surface area contributed by atoms with Crippen LogP contribution in [-0.4, -0.2) is 11.4 Å². The van der Waals surface area contributed by atoms with E-state index in [1.54, 1.807) is 0 Å². The number of carbonyl (C=O) groups is 1.